The van der Waals surface area contributed by atoms with Gasteiger partial charge in [-0.2, -0.15) is 0 Å². The van der Waals surface area contributed by atoms with Gasteiger partial charge in [-0.05, 0) is 10.7 Å². The topological polar surface area (TPSA) is 0 Å². The molecule has 1 aliphatic heterocycles. The fraction of sp³-hybridized carbons (Fsp3) is 0.875. The number of rotatable bonds is 4. The van der Waals surface area contributed by atoms with Gasteiger partial charge in [0.25, 0.3) is 0 Å². The van der Waals surface area contributed by atoms with E-state index in [9.17, 15) is 0 Å². The minimum Gasteiger partial charge on any atom is -0.0986 e. The van der Waals surface area contributed by atoms with E-state index < -0.39 is 31.8 Å². The van der Waals surface area contributed by atoms with Crippen LogP contribution in [0, 0.1) is 0 Å². The van der Waals surface area contributed by atoms with Crippen molar-refractivity contribution in [3.63, 3.8) is 0 Å². The van der Waals surface area contributed by atoms with Gasteiger partial charge in [0.15, 0.2) is 0 Å². The Morgan fingerprint density at radius 2 is 1.14 bits per heavy atom. The lowest BCUT2D eigenvalue weighted by molar-refractivity contribution is 0.956. The summed E-state index contributed by atoms with van der Waals surface area (Å²) < 4.78 is 0.782. The molecule has 1 radical (unpaired) electrons. The van der Waals surface area contributed by atoms with Gasteiger partial charge >= 0.3 is 0 Å². The van der Waals surface area contributed by atoms with E-state index in [0.717, 1.165) is 4.28 Å². The zero-order chi connectivity index (χ0) is 17.1. The zero-order valence-electron chi connectivity index (χ0n) is 16.8. The molecular weight excluding hydrogens is 333 g/mol. The molecule has 0 amide bonds. The Morgan fingerprint density at radius 3 is 1.38 bits per heavy atom. The molecule has 0 saturated heterocycles. The SMILES string of the molecule is C[Si](C)(C)C1=CCC([Si](C)(C)C)([Si](C)(C)C)[Si]1[Si](C)(C)C. The molecule has 0 atom stereocenters. The van der Waals surface area contributed by atoms with E-state index in [2.05, 4.69) is 89.5 Å². The van der Waals surface area contributed by atoms with Crippen LogP contribution in [-0.2, 0) is 0 Å². The minimum atomic E-state index is -1.19. The average molecular weight is 372 g/mol. The Kier molecular flexibility index (Phi) is 5.14. The van der Waals surface area contributed by atoms with Crippen molar-refractivity contribution in [3.8, 4) is 0 Å². The van der Waals surface area contributed by atoms with E-state index in [1.54, 1.807) is 0 Å². The van der Waals surface area contributed by atoms with Gasteiger partial charge in [-0.25, -0.2) is 0 Å². The third-order valence-corrected chi connectivity index (χ3v) is 38.4. The largest absolute Gasteiger partial charge is 0.0986 e. The summed E-state index contributed by atoms with van der Waals surface area (Å²) in [5.41, 5.74) is 0. The van der Waals surface area contributed by atoms with Crippen molar-refractivity contribution in [3.05, 3.63) is 10.9 Å². The summed E-state index contributed by atoms with van der Waals surface area (Å²) in [6.07, 6.45) is 4.26. The Balaban J connectivity index is 3.63. The smallest absolute Gasteiger partial charge is 0.0673 e. The number of hydrogen-bond donors (Lipinski definition) is 0. The van der Waals surface area contributed by atoms with Gasteiger partial charge in [0, 0.05) is 23.7 Å². The third-order valence-electron chi connectivity index (χ3n) is 5.43. The van der Waals surface area contributed by atoms with Crippen LogP contribution in [0.25, 0.3) is 0 Å². The number of allylic oxidation sites excluding steroid dienone is 1. The Morgan fingerprint density at radius 1 is 0.762 bits per heavy atom. The molecule has 0 unspecified atom stereocenters. The molecule has 0 aromatic heterocycles. The second-order valence-electron chi connectivity index (χ2n) is 11.1. The minimum absolute atomic E-state index is 0.351. The first-order valence-corrected chi connectivity index (χ1v) is 25.1. The molecule has 21 heavy (non-hydrogen) atoms. The predicted molar refractivity (Wildman–Crippen MR) is 115 cm³/mol. The van der Waals surface area contributed by atoms with Crippen molar-refractivity contribution in [2.75, 3.05) is 0 Å². The molecule has 5 heteroatoms. The summed E-state index contributed by atoms with van der Waals surface area (Å²) in [6.45, 7) is 32.0. The molecule has 1 rings (SSSR count). The molecule has 0 saturated carbocycles. The van der Waals surface area contributed by atoms with Gasteiger partial charge in [-0.1, -0.05) is 89.5 Å². The van der Waals surface area contributed by atoms with Crippen molar-refractivity contribution >= 4 is 40.1 Å². The molecule has 0 bridgehead atoms. The quantitative estimate of drug-likeness (QED) is 0.520. The highest BCUT2D eigenvalue weighted by atomic mass is 29.2. The van der Waals surface area contributed by atoms with Crippen LogP contribution in [0.5, 0.6) is 0 Å². The first-order valence-electron chi connectivity index (χ1n) is 8.55. The van der Waals surface area contributed by atoms with E-state index in [1.807, 2.05) is 0 Å². The first-order chi connectivity index (χ1) is 8.96. The van der Waals surface area contributed by atoms with Gasteiger partial charge in [0.05, 0.1) is 16.4 Å². The van der Waals surface area contributed by atoms with Crippen LogP contribution < -0.4 is 0 Å². The summed E-state index contributed by atoms with van der Waals surface area (Å²) >= 11 is 0. The lowest BCUT2D eigenvalue weighted by atomic mass is 10.5. The highest BCUT2D eigenvalue weighted by Gasteiger charge is 2.63. The van der Waals surface area contributed by atoms with Crippen LogP contribution in [0.15, 0.2) is 10.9 Å². The maximum absolute atomic E-state index is 2.80. The van der Waals surface area contributed by atoms with Crippen LogP contribution in [0.2, 0.25) is 82.8 Å². The molecule has 123 valence electrons. The highest BCUT2D eigenvalue weighted by Crippen LogP contribution is 2.59. The summed E-state index contributed by atoms with van der Waals surface area (Å²) in [5.74, 6) is 0. The van der Waals surface area contributed by atoms with E-state index in [0.29, 0.717) is 0 Å². The highest BCUT2D eigenvalue weighted by molar-refractivity contribution is 7.45. The fourth-order valence-electron chi connectivity index (χ4n) is 4.90. The predicted octanol–water partition coefficient (Wildman–Crippen LogP) is 6.14. The van der Waals surface area contributed by atoms with E-state index in [4.69, 9.17) is 0 Å². The van der Waals surface area contributed by atoms with Gasteiger partial charge < -0.3 is 0 Å². The number of hydrogen-bond acceptors (Lipinski definition) is 0. The molecule has 0 aromatic rings. The van der Waals surface area contributed by atoms with E-state index >= 15 is 0 Å². The van der Waals surface area contributed by atoms with Crippen LogP contribution in [0.4, 0.5) is 0 Å². The second kappa shape index (κ2) is 5.43. The van der Waals surface area contributed by atoms with E-state index in [1.165, 1.54) is 6.42 Å². The van der Waals surface area contributed by atoms with Gasteiger partial charge in [0.2, 0.25) is 0 Å². The van der Waals surface area contributed by atoms with E-state index in [-0.39, 0.29) is 8.31 Å². The normalized spacial score (nSPS) is 21.6. The standard InChI is InChI=1S/C16H39Si5/c1-18(2,3)15-13-14-16(19(4,5)6,20(7,8)9)17(15)21(10,11)12/h13H,14H2,1-12H3. The summed E-state index contributed by atoms with van der Waals surface area (Å²) in [4.78, 5) is 2.05. The summed E-state index contributed by atoms with van der Waals surface area (Å²) in [5, 5.41) is 0. The molecular formula is C16H39Si5. The fourth-order valence-corrected chi connectivity index (χ4v) is 57.5. The Labute approximate surface area is 140 Å². The van der Waals surface area contributed by atoms with Crippen LogP contribution in [0.3, 0.4) is 0 Å². The molecule has 0 N–H and O–H groups in total. The van der Waals surface area contributed by atoms with Gasteiger partial charge in [-0.15, -0.1) is 0 Å². The van der Waals surface area contributed by atoms with Crippen molar-refractivity contribution in [1.29, 1.82) is 0 Å². The second-order valence-corrected chi connectivity index (χ2v) is 41.5. The Hall–Kier alpha value is 0.824. The monoisotopic (exact) mass is 371 g/mol. The lowest BCUT2D eigenvalue weighted by Crippen LogP contribution is -2.68. The molecule has 1 heterocycles. The van der Waals surface area contributed by atoms with Crippen LogP contribution in [-0.4, -0.2) is 40.1 Å². The molecule has 0 spiro atoms. The molecule has 0 aromatic carbocycles. The van der Waals surface area contributed by atoms with Gasteiger partial charge in [-0.3, -0.25) is 0 Å². The third kappa shape index (κ3) is 3.37. The molecule has 0 fully saturated rings. The van der Waals surface area contributed by atoms with Crippen molar-refractivity contribution in [2.45, 2.75) is 89.3 Å². The summed E-state index contributed by atoms with van der Waals surface area (Å²) in [6, 6.07) is 0. The van der Waals surface area contributed by atoms with Gasteiger partial charge in [0.1, 0.15) is 0 Å². The molecule has 1 aliphatic rings. The maximum Gasteiger partial charge on any atom is 0.0673 e. The molecule has 0 aliphatic carbocycles. The lowest BCUT2D eigenvalue weighted by Gasteiger charge is -2.57. The van der Waals surface area contributed by atoms with Crippen molar-refractivity contribution < 1.29 is 0 Å². The van der Waals surface area contributed by atoms with Crippen molar-refractivity contribution in [2.24, 2.45) is 0 Å². The average Bonchev–Trinajstić information content (AvgIpc) is 2.53. The first kappa shape index (κ1) is 19.9. The summed E-state index contributed by atoms with van der Waals surface area (Å²) in [7, 11) is -5.01. The Bertz CT molecular complexity index is 410. The maximum atomic E-state index is 2.80. The van der Waals surface area contributed by atoms with Crippen LogP contribution in [0.1, 0.15) is 6.42 Å². The zero-order valence-corrected chi connectivity index (χ0v) is 21.8. The molecule has 0 nitrogen and oxygen atoms in total. The van der Waals surface area contributed by atoms with Crippen LogP contribution >= 0.6 is 0 Å². The van der Waals surface area contributed by atoms with Crippen molar-refractivity contribution in [1.82, 2.24) is 0 Å².